The minimum absolute atomic E-state index is 0.0381. The zero-order valence-corrected chi connectivity index (χ0v) is 23.6. The van der Waals surface area contributed by atoms with E-state index in [0.717, 1.165) is 31.9 Å². The second-order valence-electron chi connectivity index (χ2n) is 9.67. The van der Waals surface area contributed by atoms with E-state index in [1.807, 2.05) is 109 Å². The molecule has 0 saturated carbocycles. The van der Waals surface area contributed by atoms with Gasteiger partial charge in [0, 0.05) is 26.6 Å². The maximum absolute atomic E-state index is 13.7. The zero-order chi connectivity index (χ0) is 27.5. The molecule has 4 aromatic rings. The predicted octanol–water partition coefficient (Wildman–Crippen LogP) is 8.36. The van der Waals surface area contributed by atoms with Gasteiger partial charge in [0.1, 0.15) is 0 Å². The molecule has 200 valence electrons. The van der Waals surface area contributed by atoms with Crippen LogP contribution in [0.5, 0.6) is 0 Å². The van der Waals surface area contributed by atoms with Crippen molar-refractivity contribution in [2.45, 2.75) is 39.7 Å². The number of benzene rings is 4. The van der Waals surface area contributed by atoms with Crippen molar-refractivity contribution in [2.24, 2.45) is 0 Å². The van der Waals surface area contributed by atoms with E-state index in [1.54, 1.807) is 11.8 Å². The molecule has 2 N–H and O–H groups in total. The molecule has 4 aromatic carbocycles. The van der Waals surface area contributed by atoms with Crippen molar-refractivity contribution in [2.75, 3.05) is 15.5 Å². The van der Waals surface area contributed by atoms with Crippen LogP contribution in [-0.4, -0.2) is 28.5 Å². The van der Waals surface area contributed by atoms with Gasteiger partial charge in [-0.1, -0.05) is 85.8 Å². The van der Waals surface area contributed by atoms with Crippen molar-refractivity contribution in [3.63, 3.8) is 0 Å². The van der Waals surface area contributed by atoms with E-state index in [4.69, 9.17) is 0 Å². The average Bonchev–Trinajstić information content (AvgIpc) is 2.99. The topological polar surface area (TPSA) is 61.4 Å². The Morgan fingerprint density at radius 2 is 1.68 bits per heavy atom. The molecule has 40 heavy (non-hydrogen) atoms. The van der Waals surface area contributed by atoms with Gasteiger partial charge in [0.15, 0.2) is 0 Å². The third kappa shape index (κ3) is 5.40. The number of para-hydroxylation sites is 1. The summed E-state index contributed by atoms with van der Waals surface area (Å²) in [5, 5.41) is 8.24. The summed E-state index contributed by atoms with van der Waals surface area (Å²) in [5.74, 6) is -0.0381. The molecule has 1 aliphatic carbocycles. The van der Waals surface area contributed by atoms with Gasteiger partial charge in [-0.3, -0.25) is 9.69 Å². The maximum atomic E-state index is 13.7. The monoisotopic (exact) mass is 563 g/mol. The molecule has 1 heterocycles. The van der Waals surface area contributed by atoms with Crippen LogP contribution < -0.4 is 15.5 Å². The molecule has 3 atom stereocenters. The Bertz CT molecular complexity index is 1630. The van der Waals surface area contributed by atoms with E-state index >= 15 is 0 Å². The molecule has 2 aliphatic rings. The van der Waals surface area contributed by atoms with Crippen molar-refractivity contribution < 1.29 is 9.59 Å². The Labute approximate surface area is 242 Å². The van der Waals surface area contributed by atoms with E-state index in [1.165, 1.54) is 11.8 Å². The molecule has 0 bridgehead atoms. The summed E-state index contributed by atoms with van der Waals surface area (Å²) in [5.41, 5.74) is 2.42. The predicted molar refractivity (Wildman–Crippen MR) is 169 cm³/mol. The molecule has 0 spiro atoms. The standard InChI is InChI=1S/C33H29N3O2S2/c1-2-29(32(37)35-26-16-9-12-22-11-3-4-15-25(22)26)39-24-14-10-13-23(21-24)34-33(38)36-27-17-5-7-19-30(27)40-31-20-8-6-18-28(31)36/h3-21,27,29-30H,2H2,1H3,(H,34,38)(H,35,37). The van der Waals surface area contributed by atoms with Gasteiger partial charge in [-0.2, -0.15) is 0 Å². The van der Waals surface area contributed by atoms with Crippen molar-refractivity contribution in [3.05, 3.63) is 115 Å². The first-order valence-electron chi connectivity index (χ1n) is 13.4. The van der Waals surface area contributed by atoms with E-state index in [0.29, 0.717) is 12.1 Å². The van der Waals surface area contributed by atoms with Crippen LogP contribution in [0.2, 0.25) is 0 Å². The van der Waals surface area contributed by atoms with Gasteiger partial charge in [-0.15, -0.1) is 23.5 Å². The number of hydrogen-bond acceptors (Lipinski definition) is 4. The van der Waals surface area contributed by atoms with Gasteiger partial charge in [-0.05, 0) is 48.2 Å². The number of carbonyl (C=O) groups is 2. The zero-order valence-electron chi connectivity index (χ0n) is 22.0. The van der Waals surface area contributed by atoms with Gasteiger partial charge in [-0.25, -0.2) is 4.79 Å². The van der Waals surface area contributed by atoms with Crippen LogP contribution in [0.25, 0.3) is 10.8 Å². The number of urea groups is 1. The minimum Gasteiger partial charge on any atom is -0.325 e. The van der Waals surface area contributed by atoms with Crippen LogP contribution in [-0.2, 0) is 4.79 Å². The Balaban J connectivity index is 1.18. The fraction of sp³-hybridized carbons (Fsp3) is 0.152. The number of anilines is 3. The van der Waals surface area contributed by atoms with Crippen LogP contribution in [0.1, 0.15) is 13.3 Å². The number of nitrogens with one attached hydrogen (secondary N) is 2. The molecule has 1 aliphatic heterocycles. The van der Waals surface area contributed by atoms with Crippen LogP contribution >= 0.6 is 23.5 Å². The van der Waals surface area contributed by atoms with Crippen LogP contribution in [0.15, 0.2) is 125 Å². The van der Waals surface area contributed by atoms with Gasteiger partial charge in [0.05, 0.1) is 22.2 Å². The lowest BCUT2D eigenvalue weighted by molar-refractivity contribution is -0.115. The van der Waals surface area contributed by atoms with Crippen LogP contribution in [0.4, 0.5) is 21.9 Å². The summed E-state index contributed by atoms with van der Waals surface area (Å²) >= 11 is 3.29. The van der Waals surface area contributed by atoms with Gasteiger partial charge in [0.25, 0.3) is 0 Å². The van der Waals surface area contributed by atoms with E-state index in [-0.39, 0.29) is 28.5 Å². The van der Waals surface area contributed by atoms with E-state index in [2.05, 4.69) is 28.9 Å². The van der Waals surface area contributed by atoms with Gasteiger partial charge < -0.3 is 10.6 Å². The third-order valence-electron chi connectivity index (χ3n) is 7.04. The first-order valence-corrected chi connectivity index (χ1v) is 15.1. The smallest absolute Gasteiger partial charge is 0.325 e. The maximum Gasteiger partial charge on any atom is 0.326 e. The Hall–Kier alpha value is -3.94. The highest BCUT2D eigenvalue weighted by molar-refractivity contribution is 8.00. The first kappa shape index (κ1) is 26.3. The summed E-state index contributed by atoms with van der Waals surface area (Å²) in [6.45, 7) is 2.01. The summed E-state index contributed by atoms with van der Waals surface area (Å²) in [7, 11) is 0. The summed E-state index contributed by atoms with van der Waals surface area (Å²) in [6, 6.07) is 29.5. The second-order valence-corrected chi connectivity index (χ2v) is 12.2. The van der Waals surface area contributed by atoms with E-state index < -0.39 is 0 Å². The highest BCUT2D eigenvalue weighted by Crippen LogP contribution is 2.43. The fourth-order valence-electron chi connectivity index (χ4n) is 5.09. The number of allylic oxidation sites excluding steroid dienone is 2. The van der Waals surface area contributed by atoms with Gasteiger partial charge >= 0.3 is 6.03 Å². The molecule has 0 fully saturated rings. The SMILES string of the molecule is CCC(Sc1cccc(NC(=O)N2c3ccccc3SC3C=CC=CC32)c1)C(=O)Nc1cccc2ccccc12. The second kappa shape index (κ2) is 11.7. The number of rotatable bonds is 6. The highest BCUT2D eigenvalue weighted by atomic mass is 32.2. The number of amides is 3. The number of fused-ring (bicyclic) bond motifs is 3. The average molecular weight is 564 g/mol. The number of thioether (sulfide) groups is 2. The Morgan fingerprint density at radius 3 is 2.58 bits per heavy atom. The molecule has 3 amide bonds. The van der Waals surface area contributed by atoms with Crippen LogP contribution in [0, 0.1) is 0 Å². The van der Waals surface area contributed by atoms with Crippen molar-refractivity contribution in [3.8, 4) is 0 Å². The molecule has 3 unspecified atom stereocenters. The summed E-state index contributed by atoms with van der Waals surface area (Å²) in [4.78, 5) is 30.8. The first-order chi connectivity index (χ1) is 19.6. The Morgan fingerprint density at radius 1 is 0.900 bits per heavy atom. The van der Waals surface area contributed by atoms with Gasteiger partial charge in [0.2, 0.25) is 5.91 Å². The Kier molecular flexibility index (Phi) is 7.66. The van der Waals surface area contributed by atoms with Crippen molar-refractivity contribution >= 4 is 63.3 Å². The lowest BCUT2D eigenvalue weighted by atomic mass is 10.1. The molecule has 5 nitrogen and oxygen atoms in total. The number of carbonyl (C=O) groups excluding carboxylic acids is 2. The summed E-state index contributed by atoms with van der Waals surface area (Å²) < 4.78 is 0. The lowest BCUT2D eigenvalue weighted by Gasteiger charge is -2.40. The van der Waals surface area contributed by atoms with Crippen LogP contribution in [0.3, 0.4) is 0 Å². The number of hydrogen-bond donors (Lipinski definition) is 2. The summed E-state index contributed by atoms with van der Waals surface area (Å²) in [6.07, 6.45) is 8.95. The van der Waals surface area contributed by atoms with E-state index in [9.17, 15) is 9.59 Å². The molecule has 6 rings (SSSR count). The molecule has 0 saturated heterocycles. The molecule has 7 heteroatoms. The quantitative estimate of drug-likeness (QED) is 0.231. The molecule has 0 radical (unpaired) electrons. The van der Waals surface area contributed by atoms with Crippen molar-refractivity contribution in [1.82, 2.24) is 0 Å². The van der Waals surface area contributed by atoms with Crippen molar-refractivity contribution in [1.29, 1.82) is 0 Å². The third-order valence-corrected chi connectivity index (χ3v) is 9.70. The largest absolute Gasteiger partial charge is 0.326 e. The highest BCUT2D eigenvalue weighted by Gasteiger charge is 2.36. The fourth-order valence-corrected chi connectivity index (χ4v) is 7.36. The minimum atomic E-state index is -0.282. The lowest BCUT2D eigenvalue weighted by Crippen LogP contribution is -2.49. The molecular formula is C33H29N3O2S2. The normalized spacial score (nSPS) is 18.1. The molecular weight excluding hydrogens is 535 g/mol. The molecule has 0 aromatic heterocycles. The number of nitrogens with zero attached hydrogens (tertiary/aromatic N) is 1.